The van der Waals surface area contributed by atoms with Crippen molar-refractivity contribution in [2.45, 2.75) is 13.8 Å². The first-order valence-electron chi connectivity index (χ1n) is 8.41. The van der Waals surface area contributed by atoms with Gasteiger partial charge in [0, 0.05) is 12.1 Å². The Bertz CT molecular complexity index is 1170. The standard InChI is InChI=1S/C22H15N3O3/c1-14-4-3-5-16(8-14)17-6-7-21(15(2)9-17)28-22-11-19(13-24)18(12-23)10-20(22)25(26)27/h3-11H,1-2H3. The highest BCUT2D eigenvalue weighted by atomic mass is 16.6. The SMILES string of the molecule is Cc1cccc(-c2ccc(Oc3cc(C#N)c(C#N)cc3[N+](=O)[O-])c(C)c2)c1. The van der Waals surface area contributed by atoms with Gasteiger partial charge in [0.1, 0.15) is 17.9 Å². The molecule has 0 fully saturated rings. The first kappa shape index (κ1) is 18.6. The third-order valence-electron chi connectivity index (χ3n) is 4.28. The van der Waals surface area contributed by atoms with Crippen molar-refractivity contribution in [1.29, 1.82) is 10.5 Å². The van der Waals surface area contributed by atoms with E-state index >= 15 is 0 Å². The topological polar surface area (TPSA) is 99.9 Å². The molecule has 6 nitrogen and oxygen atoms in total. The molecule has 0 aliphatic carbocycles. The van der Waals surface area contributed by atoms with Crippen molar-refractivity contribution in [3.05, 3.63) is 87.0 Å². The quantitative estimate of drug-likeness (QED) is 0.452. The van der Waals surface area contributed by atoms with E-state index in [1.54, 1.807) is 12.1 Å². The molecule has 0 aliphatic heterocycles. The molecule has 28 heavy (non-hydrogen) atoms. The van der Waals surface area contributed by atoms with E-state index in [1.807, 2.05) is 50.2 Å². The van der Waals surface area contributed by atoms with Gasteiger partial charge in [-0.25, -0.2) is 0 Å². The number of ether oxygens (including phenoxy) is 1. The molecule has 0 aliphatic rings. The lowest BCUT2D eigenvalue weighted by atomic mass is 10.0. The van der Waals surface area contributed by atoms with Gasteiger partial charge >= 0.3 is 5.69 Å². The Morgan fingerprint density at radius 3 is 2.18 bits per heavy atom. The van der Waals surface area contributed by atoms with Gasteiger partial charge in [-0.2, -0.15) is 10.5 Å². The van der Waals surface area contributed by atoms with E-state index in [0.717, 1.165) is 28.3 Å². The fourth-order valence-corrected chi connectivity index (χ4v) is 2.86. The molecule has 0 unspecified atom stereocenters. The summed E-state index contributed by atoms with van der Waals surface area (Å²) in [5, 5.41) is 29.6. The fraction of sp³-hybridized carbons (Fsp3) is 0.0909. The van der Waals surface area contributed by atoms with Crippen molar-refractivity contribution in [1.82, 2.24) is 0 Å². The highest BCUT2D eigenvalue weighted by Crippen LogP contribution is 2.36. The number of nitriles is 2. The Labute approximate surface area is 162 Å². The second-order valence-corrected chi connectivity index (χ2v) is 6.30. The molecule has 0 saturated carbocycles. The van der Waals surface area contributed by atoms with Gasteiger partial charge in [-0.15, -0.1) is 0 Å². The van der Waals surface area contributed by atoms with Crippen LogP contribution < -0.4 is 4.74 Å². The first-order valence-corrected chi connectivity index (χ1v) is 8.41. The molecule has 0 spiro atoms. The predicted molar refractivity (Wildman–Crippen MR) is 104 cm³/mol. The third-order valence-corrected chi connectivity index (χ3v) is 4.28. The van der Waals surface area contributed by atoms with E-state index in [9.17, 15) is 15.4 Å². The smallest absolute Gasteiger partial charge is 0.312 e. The number of benzene rings is 3. The molecule has 6 heteroatoms. The highest BCUT2D eigenvalue weighted by Gasteiger charge is 2.21. The molecular weight excluding hydrogens is 354 g/mol. The summed E-state index contributed by atoms with van der Waals surface area (Å²) in [4.78, 5) is 10.7. The van der Waals surface area contributed by atoms with Crippen molar-refractivity contribution in [2.24, 2.45) is 0 Å². The van der Waals surface area contributed by atoms with Gasteiger partial charge in [0.2, 0.25) is 5.75 Å². The summed E-state index contributed by atoms with van der Waals surface area (Å²) in [6.07, 6.45) is 0. The summed E-state index contributed by atoms with van der Waals surface area (Å²) in [6, 6.07) is 19.6. The zero-order valence-corrected chi connectivity index (χ0v) is 15.3. The van der Waals surface area contributed by atoms with Crippen LogP contribution in [-0.4, -0.2) is 4.92 Å². The maximum absolute atomic E-state index is 11.4. The molecule has 136 valence electrons. The number of rotatable bonds is 4. The number of nitro groups is 1. The Morgan fingerprint density at radius 1 is 0.893 bits per heavy atom. The van der Waals surface area contributed by atoms with Crippen LogP contribution in [-0.2, 0) is 0 Å². The molecule has 3 rings (SSSR count). The van der Waals surface area contributed by atoms with Crippen LogP contribution in [0.25, 0.3) is 11.1 Å². The van der Waals surface area contributed by atoms with Crippen LogP contribution in [0.15, 0.2) is 54.6 Å². The molecule has 0 aromatic heterocycles. The summed E-state index contributed by atoms with van der Waals surface area (Å²) in [7, 11) is 0. The largest absolute Gasteiger partial charge is 0.450 e. The monoisotopic (exact) mass is 369 g/mol. The van der Waals surface area contributed by atoms with Gasteiger partial charge < -0.3 is 4.74 Å². The number of nitro benzene ring substituents is 1. The van der Waals surface area contributed by atoms with Gasteiger partial charge in [0.25, 0.3) is 0 Å². The minimum absolute atomic E-state index is 0.0251. The Hall–Kier alpha value is -4.16. The van der Waals surface area contributed by atoms with Crippen LogP contribution in [0.4, 0.5) is 5.69 Å². The van der Waals surface area contributed by atoms with Crippen LogP contribution in [0.1, 0.15) is 22.3 Å². The lowest BCUT2D eigenvalue weighted by Crippen LogP contribution is -1.97. The van der Waals surface area contributed by atoms with Crippen LogP contribution >= 0.6 is 0 Å². The van der Waals surface area contributed by atoms with E-state index in [1.165, 1.54) is 6.07 Å². The maximum Gasteiger partial charge on any atom is 0.312 e. The number of aryl methyl sites for hydroxylation is 2. The van der Waals surface area contributed by atoms with E-state index in [0.29, 0.717) is 5.75 Å². The minimum atomic E-state index is -0.631. The molecule has 0 radical (unpaired) electrons. The highest BCUT2D eigenvalue weighted by molar-refractivity contribution is 5.67. The molecule has 0 atom stereocenters. The summed E-state index contributed by atoms with van der Waals surface area (Å²) in [5.74, 6) is 0.361. The molecular formula is C22H15N3O3. The van der Waals surface area contributed by atoms with Gasteiger partial charge in [0.15, 0.2) is 0 Å². The lowest BCUT2D eigenvalue weighted by molar-refractivity contribution is -0.385. The van der Waals surface area contributed by atoms with Crippen molar-refractivity contribution in [3.63, 3.8) is 0 Å². The van der Waals surface area contributed by atoms with E-state index in [2.05, 4.69) is 6.07 Å². The first-order chi connectivity index (χ1) is 13.4. The van der Waals surface area contributed by atoms with Crippen molar-refractivity contribution in [2.75, 3.05) is 0 Å². The molecule has 0 heterocycles. The summed E-state index contributed by atoms with van der Waals surface area (Å²) in [5.41, 5.74) is 3.60. The van der Waals surface area contributed by atoms with E-state index in [-0.39, 0.29) is 22.6 Å². The van der Waals surface area contributed by atoms with Crippen LogP contribution in [0.5, 0.6) is 11.5 Å². The zero-order valence-electron chi connectivity index (χ0n) is 15.3. The third kappa shape index (κ3) is 3.67. The van der Waals surface area contributed by atoms with E-state index in [4.69, 9.17) is 10.00 Å². The second kappa shape index (κ2) is 7.61. The average Bonchev–Trinajstić information content (AvgIpc) is 2.68. The fourth-order valence-electron chi connectivity index (χ4n) is 2.86. The Morgan fingerprint density at radius 2 is 1.57 bits per heavy atom. The van der Waals surface area contributed by atoms with E-state index < -0.39 is 4.92 Å². The number of hydrogen-bond donors (Lipinski definition) is 0. The van der Waals surface area contributed by atoms with Gasteiger partial charge in [-0.3, -0.25) is 10.1 Å². The van der Waals surface area contributed by atoms with Gasteiger partial charge in [-0.1, -0.05) is 35.9 Å². The van der Waals surface area contributed by atoms with Gasteiger partial charge in [-0.05, 0) is 42.7 Å². The summed E-state index contributed by atoms with van der Waals surface area (Å²) in [6.45, 7) is 3.86. The van der Waals surface area contributed by atoms with Crippen LogP contribution in [0, 0.1) is 46.6 Å². The molecule has 0 saturated heterocycles. The summed E-state index contributed by atoms with van der Waals surface area (Å²) >= 11 is 0. The Balaban J connectivity index is 2.02. The zero-order chi connectivity index (χ0) is 20.3. The normalized spacial score (nSPS) is 10.0. The number of nitrogens with zero attached hydrogens (tertiary/aromatic N) is 3. The second-order valence-electron chi connectivity index (χ2n) is 6.30. The van der Waals surface area contributed by atoms with Crippen molar-refractivity contribution < 1.29 is 9.66 Å². The maximum atomic E-state index is 11.4. The van der Waals surface area contributed by atoms with Crippen molar-refractivity contribution in [3.8, 4) is 34.8 Å². The minimum Gasteiger partial charge on any atom is -0.450 e. The van der Waals surface area contributed by atoms with Crippen LogP contribution in [0.3, 0.4) is 0 Å². The van der Waals surface area contributed by atoms with Crippen LogP contribution in [0.2, 0.25) is 0 Å². The predicted octanol–water partition coefficient (Wildman–Crippen LogP) is 5.41. The molecule has 0 N–H and O–H groups in total. The molecule has 3 aromatic carbocycles. The Kier molecular flexibility index (Phi) is 5.06. The number of hydrogen-bond acceptors (Lipinski definition) is 5. The van der Waals surface area contributed by atoms with Gasteiger partial charge in [0.05, 0.1) is 16.1 Å². The molecule has 0 bridgehead atoms. The lowest BCUT2D eigenvalue weighted by Gasteiger charge is -2.12. The average molecular weight is 369 g/mol. The molecule has 3 aromatic rings. The van der Waals surface area contributed by atoms with Crippen molar-refractivity contribution >= 4 is 5.69 Å². The summed E-state index contributed by atoms with van der Waals surface area (Å²) < 4.78 is 5.76. The molecule has 0 amide bonds.